The third kappa shape index (κ3) is 6.24. The average molecular weight is 256 g/mol. The topological polar surface area (TPSA) is 50.4 Å². The molecular formula is C14H28N2O2. The molecule has 4 heteroatoms. The molecule has 1 aliphatic carbocycles. The Kier molecular flexibility index (Phi) is 5.93. The van der Waals surface area contributed by atoms with Crippen molar-refractivity contribution in [3.05, 3.63) is 0 Å². The largest absolute Gasteiger partial charge is 0.444 e. The fraction of sp³-hybridized carbons (Fsp3) is 0.929. The summed E-state index contributed by atoms with van der Waals surface area (Å²) in [4.78, 5) is 11.6. The summed E-state index contributed by atoms with van der Waals surface area (Å²) >= 11 is 0. The molecule has 18 heavy (non-hydrogen) atoms. The second-order valence-corrected chi connectivity index (χ2v) is 6.26. The highest BCUT2D eigenvalue weighted by Gasteiger charge is 2.24. The van der Waals surface area contributed by atoms with E-state index >= 15 is 0 Å². The van der Waals surface area contributed by atoms with Crippen LogP contribution in [0.3, 0.4) is 0 Å². The molecular weight excluding hydrogens is 228 g/mol. The molecule has 4 nitrogen and oxygen atoms in total. The summed E-state index contributed by atoms with van der Waals surface area (Å²) in [5, 5.41) is 6.17. The highest BCUT2D eigenvalue weighted by molar-refractivity contribution is 5.68. The molecule has 0 radical (unpaired) electrons. The molecule has 1 aliphatic rings. The molecule has 0 atom stereocenters. The normalized spacial score (nSPS) is 24.7. The SMILES string of the molecule is CNCCC1CCC(NC(=O)OC(C)(C)C)CC1. The van der Waals surface area contributed by atoms with Crippen LogP contribution in [0.25, 0.3) is 0 Å². The van der Waals surface area contributed by atoms with Crippen molar-refractivity contribution in [2.45, 2.75) is 64.5 Å². The van der Waals surface area contributed by atoms with Crippen molar-refractivity contribution < 1.29 is 9.53 Å². The van der Waals surface area contributed by atoms with Gasteiger partial charge in [-0.25, -0.2) is 4.79 Å². The second kappa shape index (κ2) is 6.98. The van der Waals surface area contributed by atoms with Crippen molar-refractivity contribution in [3.8, 4) is 0 Å². The molecule has 0 saturated heterocycles. The van der Waals surface area contributed by atoms with E-state index in [1.165, 1.54) is 19.3 Å². The number of alkyl carbamates (subject to hydrolysis) is 1. The van der Waals surface area contributed by atoms with E-state index in [0.29, 0.717) is 6.04 Å². The fourth-order valence-corrected chi connectivity index (χ4v) is 2.42. The molecule has 1 amide bonds. The summed E-state index contributed by atoms with van der Waals surface area (Å²) in [6.45, 7) is 6.76. The molecule has 0 aromatic heterocycles. The van der Waals surface area contributed by atoms with Gasteiger partial charge in [0.05, 0.1) is 0 Å². The molecule has 0 aromatic carbocycles. The fourth-order valence-electron chi connectivity index (χ4n) is 2.42. The standard InChI is InChI=1S/C14H28N2O2/c1-14(2,3)18-13(17)16-12-7-5-11(6-8-12)9-10-15-4/h11-12,15H,5-10H2,1-4H3,(H,16,17). The van der Waals surface area contributed by atoms with Gasteiger partial charge in [-0.2, -0.15) is 0 Å². The van der Waals surface area contributed by atoms with Gasteiger partial charge in [0, 0.05) is 6.04 Å². The number of amides is 1. The Bertz CT molecular complexity index is 253. The quantitative estimate of drug-likeness (QED) is 0.813. The molecule has 0 spiro atoms. The van der Waals surface area contributed by atoms with Crippen molar-refractivity contribution in [1.82, 2.24) is 10.6 Å². The van der Waals surface area contributed by atoms with Crippen molar-refractivity contribution in [2.24, 2.45) is 5.92 Å². The van der Waals surface area contributed by atoms with Crippen LogP contribution in [0.15, 0.2) is 0 Å². The second-order valence-electron chi connectivity index (χ2n) is 6.26. The van der Waals surface area contributed by atoms with E-state index in [0.717, 1.165) is 25.3 Å². The van der Waals surface area contributed by atoms with E-state index < -0.39 is 5.60 Å². The summed E-state index contributed by atoms with van der Waals surface area (Å²) in [7, 11) is 2.00. The van der Waals surface area contributed by atoms with Gasteiger partial charge < -0.3 is 15.4 Å². The highest BCUT2D eigenvalue weighted by atomic mass is 16.6. The Morgan fingerprint density at radius 1 is 1.22 bits per heavy atom. The van der Waals surface area contributed by atoms with Gasteiger partial charge in [-0.1, -0.05) is 0 Å². The van der Waals surface area contributed by atoms with Crippen molar-refractivity contribution in [3.63, 3.8) is 0 Å². The van der Waals surface area contributed by atoms with Crippen molar-refractivity contribution in [1.29, 1.82) is 0 Å². The van der Waals surface area contributed by atoms with Crippen LogP contribution in [0.1, 0.15) is 52.9 Å². The molecule has 0 bridgehead atoms. The Morgan fingerprint density at radius 2 is 1.83 bits per heavy atom. The minimum absolute atomic E-state index is 0.277. The van der Waals surface area contributed by atoms with E-state index in [9.17, 15) is 4.79 Å². The number of carbonyl (C=O) groups excluding carboxylic acids is 1. The molecule has 2 N–H and O–H groups in total. The third-order valence-electron chi connectivity index (χ3n) is 3.37. The molecule has 0 unspecified atom stereocenters. The molecule has 1 rings (SSSR count). The highest BCUT2D eigenvalue weighted by Crippen LogP contribution is 2.26. The lowest BCUT2D eigenvalue weighted by Gasteiger charge is -2.30. The summed E-state index contributed by atoms with van der Waals surface area (Å²) in [6.07, 6.45) is 5.54. The summed E-state index contributed by atoms with van der Waals surface area (Å²) < 4.78 is 5.27. The first-order valence-corrected chi connectivity index (χ1v) is 7.05. The first kappa shape index (κ1) is 15.3. The van der Waals surface area contributed by atoms with E-state index in [4.69, 9.17) is 4.74 Å². The van der Waals surface area contributed by atoms with Crippen LogP contribution in [0.5, 0.6) is 0 Å². The van der Waals surface area contributed by atoms with Crippen LogP contribution < -0.4 is 10.6 Å². The van der Waals surface area contributed by atoms with Gasteiger partial charge in [0.2, 0.25) is 0 Å². The predicted octanol–water partition coefficient (Wildman–Crippen LogP) is 2.68. The van der Waals surface area contributed by atoms with Crippen LogP contribution >= 0.6 is 0 Å². The monoisotopic (exact) mass is 256 g/mol. The number of rotatable bonds is 4. The van der Waals surface area contributed by atoms with Gasteiger partial charge in [0.15, 0.2) is 0 Å². The number of hydrogen-bond donors (Lipinski definition) is 2. The van der Waals surface area contributed by atoms with Gasteiger partial charge in [-0.05, 0) is 72.4 Å². The smallest absolute Gasteiger partial charge is 0.407 e. The lowest BCUT2D eigenvalue weighted by Crippen LogP contribution is -2.41. The van der Waals surface area contributed by atoms with E-state index in [1.54, 1.807) is 0 Å². The van der Waals surface area contributed by atoms with Gasteiger partial charge in [-0.3, -0.25) is 0 Å². The van der Waals surface area contributed by atoms with Crippen molar-refractivity contribution in [2.75, 3.05) is 13.6 Å². The van der Waals surface area contributed by atoms with E-state index in [1.807, 2.05) is 27.8 Å². The summed E-state index contributed by atoms with van der Waals surface area (Å²) in [6, 6.07) is 0.297. The summed E-state index contributed by atoms with van der Waals surface area (Å²) in [5.74, 6) is 0.814. The van der Waals surface area contributed by atoms with Crippen LogP contribution in [0.4, 0.5) is 4.79 Å². The Labute approximate surface area is 111 Å². The van der Waals surface area contributed by atoms with Crippen molar-refractivity contribution >= 4 is 6.09 Å². The number of nitrogens with one attached hydrogen (secondary N) is 2. The number of hydrogen-bond acceptors (Lipinski definition) is 3. The number of ether oxygens (including phenoxy) is 1. The zero-order valence-corrected chi connectivity index (χ0v) is 12.2. The van der Waals surface area contributed by atoms with Crippen LogP contribution in [-0.4, -0.2) is 31.3 Å². The summed E-state index contributed by atoms with van der Waals surface area (Å²) in [5.41, 5.74) is -0.409. The molecule has 1 fully saturated rings. The molecule has 0 aliphatic heterocycles. The lowest BCUT2D eigenvalue weighted by atomic mass is 9.84. The zero-order chi connectivity index (χ0) is 13.6. The number of carbonyl (C=O) groups is 1. The Hall–Kier alpha value is -0.770. The minimum Gasteiger partial charge on any atom is -0.444 e. The van der Waals surface area contributed by atoms with Gasteiger partial charge >= 0.3 is 6.09 Å². The van der Waals surface area contributed by atoms with E-state index in [2.05, 4.69) is 10.6 Å². The minimum atomic E-state index is -0.409. The Morgan fingerprint density at radius 3 is 2.33 bits per heavy atom. The average Bonchev–Trinajstić information content (AvgIpc) is 2.25. The predicted molar refractivity (Wildman–Crippen MR) is 73.7 cm³/mol. The Balaban J connectivity index is 2.21. The van der Waals surface area contributed by atoms with Crippen LogP contribution in [-0.2, 0) is 4.74 Å². The molecule has 106 valence electrons. The van der Waals surface area contributed by atoms with E-state index in [-0.39, 0.29) is 6.09 Å². The lowest BCUT2D eigenvalue weighted by molar-refractivity contribution is 0.0487. The van der Waals surface area contributed by atoms with Crippen LogP contribution in [0, 0.1) is 5.92 Å². The van der Waals surface area contributed by atoms with Gasteiger partial charge in [-0.15, -0.1) is 0 Å². The van der Waals surface area contributed by atoms with Gasteiger partial charge in [0.25, 0.3) is 0 Å². The maximum atomic E-state index is 11.6. The molecule has 1 saturated carbocycles. The zero-order valence-electron chi connectivity index (χ0n) is 12.2. The van der Waals surface area contributed by atoms with Crippen LogP contribution in [0.2, 0.25) is 0 Å². The molecule has 0 aromatic rings. The van der Waals surface area contributed by atoms with Gasteiger partial charge in [0.1, 0.15) is 5.60 Å². The first-order chi connectivity index (χ1) is 8.40. The first-order valence-electron chi connectivity index (χ1n) is 7.05. The maximum absolute atomic E-state index is 11.6. The maximum Gasteiger partial charge on any atom is 0.407 e. The third-order valence-corrected chi connectivity index (χ3v) is 3.37. The molecule has 0 heterocycles.